The maximum Gasteiger partial charge on any atom is 0.475 e. The summed E-state index contributed by atoms with van der Waals surface area (Å²) < 4.78 is 92.9. The Morgan fingerprint density at radius 3 is 1.39 bits per heavy atom. The van der Waals surface area contributed by atoms with Crippen molar-refractivity contribution in [2.45, 2.75) is 104 Å². The lowest BCUT2D eigenvalue weighted by Gasteiger charge is -2.56. The highest BCUT2D eigenvalue weighted by atomic mass is 28.6. The van der Waals surface area contributed by atoms with E-state index in [1.165, 1.54) is 29.2 Å². The highest BCUT2D eigenvalue weighted by Crippen LogP contribution is 2.43. The van der Waals surface area contributed by atoms with Gasteiger partial charge in [0.05, 0.1) is 0 Å². The monoisotopic (exact) mass is 924 g/mol. The van der Waals surface area contributed by atoms with Gasteiger partial charge >= 0.3 is 79.5 Å². The molecule has 4 saturated heterocycles. The van der Waals surface area contributed by atoms with Gasteiger partial charge in [0, 0.05) is 60.0 Å². The third-order valence-electron chi connectivity index (χ3n) is 8.50. The molecule has 5 aliphatic rings. The van der Waals surface area contributed by atoms with Crippen LogP contribution in [0, 0.1) is 0 Å². The van der Waals surface area contributed by atoms with Crippen LogP contribution in [0.25, 0.3) is 0 Å². The lowest BCUT2D eigenvalue weighted by molar-refractivity contribution is 0.0154. The summed E-state index contributed by atoms with van der Waals surface area (Å²) in [7, 11) is -26.3. The van der Waals surface area contributed by atoms with E-state index in [0.717, 1.165) is 0 Å². The zero-order chi connectivity index (χ0) is 38.5. The molecule has 4 fully saturated rings. The Balaban J connectivity index is 0.000000224. The van der Waals surface area contributed by atoms with Crippen LogP contribution in [0.15, 0.2) is 18.2 Å². The molecule has 1 aromatic carbocycles. The molecule has 6 rings (SSSR count). The van der Waals surface area contributed by atoms with Crippen molar-refractivity contribution in [2.75, 3.05) is 14.2 Å². The Labute approximate surface area is 321 Å². The summed E-state index contributed by atoms with van der Waals surface area (Å²) >= 11 is 0. The predicted octanol–water partition coefficient (Wildman–Crippen LogP) is 2.53. The molecular weight excluding hydrogens is 865 g/mol. The van der Waals surface area contributed by atoms with Crippen molar-refractivity contribution in [3.05, 3.63) is 29.3 Å². The van der Waals surface area contributed by atoms with Crippen molar-refractivity contribution in [1.82, 2.24) is 0 Å². The smallest absolute Gasteiger partial charge is 0.432 e. The second kappa shape index (κ2) is 15.9. The van der Waals surface area contributed by atoms with Gasteiger partial charge < -0.3 is 62.3 Å². The minimum absolute atomic E-state index is 0.389. The van der Waals surface area contributed by atoms with Crippen LogP contribution < -0.4 is 5.19 Å². The molecule has 51 heavy (non-hydrogen) atoms. The number of hydrogen-bond acceptors (Lipinski definition) is 15. The highest BCUT2D eigenvalue weighted by Gasteiger charge is 2.73. The second-order valence-corrected chi connectivity index (χ2v) is 49.2. The van der Waals surface area contributed by atoms with E-state index in [0.29, 0.717) is 10.5 Å². The van der Waals surface area contributed by atoms with Crippen LogP contribution in [0.2, 0.25) is 91.7 Å². The molecule has 0 aromatic heterocycles. The van der Waals surface area contributed by atoms with E-state index in [-0.39, 0.29) is 0 Å². The molecule has 1 aromatic rings. The van der Waals surface area contributed by atoms with Crippen molar-refractivity contribution >= 4 is 113 Å². The van der Waals surface area contributed by atoms with Crippen molar-refractivity contribution in [3.8, 4) is 0 Å². The molecule has 0 amide bonds. The molecule has 1 aliphatic carbocycles. The summed E-state index contributed by atoms with van der Waals surface area (Å²) in [6.07, 6.45) is 2.48. The van der Waals surface area contributed by atoms with Crippen LogP contribution in [-0.2, 0) is 75.2 Å². The predicted molar refractivity (Wildman–Crippen MR) is 220 cm³/mol. The second-order valence-electron chi connectivity index (χ2n) is 14.9. The van der Waals surface area contributed by atoms with Crippen molar-refractivity contribution in [2.24, 2.45) is 0 Å². The average Bonchev–Trinajstić information content (AvgIpc) is 2.89. The maximum absolute atomic E-state index is 6.45. The van der Waals surface area contributed by atoms with E-state index in [9.17, 15) is 0 Å². The minimum Gasteiger partial charge on any atom is -0.432 e. The van der Waals surface area contributed by atoms with Gasteiger partial charge in [0.25, 0.3) is 0 Å². The fourth-order valence-electron chi connectivity index (χ4n) is 6.43. The van der Waals surface area contributed by atoms with E-state index >= 15 is 0 Å². The fraction of sp³-hybridized carbons (Fsp3) is 0.750. The number of benzene rings is 1. The molecule has 0 N–H and O–H groups in total. The molecule has 4 unspecified atom stereocenters. The lowest BCUT2D eigenvalue weighted by atomic mass is 9.89. The van der Waals surface area contributed by atoms with Gasteiger partial charge in [-0.15, -0.1) is 0 Å². The van der Waals surface area contributed by atoms with Gasteiger partial charge in [0.2, 0.25) is 8.32 Å². The molecule has 0 spiro atoms. The zero-order valence-electron chi connectivity index (χ0n) is 33.4. The third kappa shape index (κ3) is 11.6. The van der Waals surface area contributed by atoms with E-state index in [1.807, 2.05) is 6.55 Å². The number of rotatable bonds is 6. The van der Waals surface area contributed by atoms with Gasteiger partial charge in [-0.1, -0.05) is 18.2 Å². The zero-order valence-corrected chi connectivity index (χ0v) is 46.7. The lowest BCUT2D eigenvalue weighted by Crippen LogP contribution is -2.81. The van der Waals surface area contributed by atoms with Crippen molar-refractivity contribution in [3.63, 3.8) is 0 Å². The van der Waals surface area contributed by atoms with Gasteiger partial charge in [0.15, 0.2) is 9.04 Å². The van der Waals surface area contributed by atoms with Crippen LogP contribution in [0.1, 0.15) is 11.1 Å². The first-order valence-corrected chi connectivity index (χ1v) is 44.3. The molecule has 15 nitrogen and oxygen atoms in total. The SMILES string of the molecule is CO[SiH](C)C.CO[Si](C)(C)O[Si](C)(C)c1ccc2c(c1)CC2.C[SiH]1O[Si]2(C)O[Si]3(C)O[Si](C)(O[SiH3])O[Si]4(C)O[Si](C)(O1)O[Si](C)(O2)O[Si](C)(O3)O4. The normalized spacial score (nSPS) is 40.5. The molecule has 0 saturated carbocycles. The minimum atomic E-state index is -3.43. The van der Waals surface area contributed by atoms with Crippen LogP contribution in [0.4, 0.5) is 0 Å². The molecule has 4 heterocycles. The van der Waals surface area contributed by atoms with E-state index in [4.69, 9.17) is 62.3 Å². The molecule has 6 bridgehead atoms. The molecular formula is C24H60O15Si12. The summed E-state index contributed by atoms with van der Waals surface area (Å²) in [5, 5.41) is 1.40. The van der Waals surface area contributed by atoms with Crippen molar-refractivity contribution < 1.29 is 62.3 Å². The van der Waals surface area contributed by atoms with Crippen molar-refractivity contribution in [1.29, 1.82) is 0 Å². The molecule has 4 atom stereocenters. The first kappa shape index (κ1) is 44.9. The Bertz CT molecular complexity index is 1350. The Kier molecular flexibility index (Phi) is 14.0. The number of fused-ring (bicyclic) bond motifs is 5. The van der Waals surface area contributed by atoms with Gasteiger partial charge in [0.1, 0.15) is 10.5 Å². The van der Waals surface area contributed by atoms with E-state index < -0.39 is 96.8 Å². The molecule has 27 heteroatoms. The van der Waals surface area contributed by atoms with E-state index in [2.05, 4.69) is 57.5 Å². The summed E-state index contributed by atoms with van der Waals surface area (Å²) in [5.74, 6) is 0. The van der Waals surface area contributed by atoms with Crippen LogP contribution in [0.3, 0.4) is 0 Å². The summed E-state index contributed by atoms with van der Waals surface area (Å²) in [4.78, 5) is 0. The molecule has 294 valence electrons. The first-order valence-electron chi connectivity index (χ1n) is 17.3. The van der Waals surface area contributed by atoms with Crippen LogP contribution >= 0.6 is 0 Å². The molecule has 0 radical (unpaired) electrons. The highest BCUT2D eigenvalue weighted by molar-refractivity contribution is 6.99. The quantitative estimate of drug-likeness (QED) is 0.387. The summed E-state index contributed by atoms with van der Waals surface area (Å²) in [6.45, 7) is 27.3. The van der Waals surface area contributed by atoms with Gasteiger partial charge in [-0.2, -0.15) is 0 Å². The van der Waals surface area contributed by atoms with Crippen LogP contribution in [-0.4, -0.2) is 122 Å². The number of hydrogen-bond donors (Lipinski definition) is 0. The number of aryl methyl sites for hydroxylation is 2. The Morgan fingerprint density at radius 2 is 1.06 bits per heavy atom. The average molecular weight is 926 g/mol. The largest absolute Gasteiger partial charge is 0.475 e. The van der Waals surface area contributed by atoms with Gasteiger partial charge in [-0.25, -0.2) is 0 Å². The van der Waals surface area contributed by atoms with Gasteiger partial charge in [-0.3, -0.25) is 0 Å². The first-order chi connectivity index (χ1) is 23.1. The third-order valence-corrected chi connectivity index (χ3v) is 51.9. The van der Waals surface area contributed by atoms with Gasteiger partial charge in [-0.05, 0) is 75.0 Å². The summed E-state index contributed by atoms with van der Waals surface area (Å²) in [5.41, 5.74) is 3.03. The Hall–Kier alpha value is 1.22. The van der Waals surface area contributed by atoms with Crippen LogP contribution in [0.5, 0.6) is 0 Å². The standard InChI is InChI=1S/C13H22O2Si2.C8H28O12Si9.C3H10OSi/c1-14-17(4,5)15-16(2,3)13-9-8-11-6-7-12(11)10-13;1-22-10-24(3)14-26(5)12-23(2,9-21)13-27(6)15-25(4,11-22)17-28(7,16-24)20-29(8,18-26)19-27;1-4-5(2)3/h8-10H,6-7H2,1-5H3;22H,1-8,21H3;5H,1-3H3. The topological polar surface area (TPSA) is 138 Å². The molecule has 4 aliphatic heterocycles. The Morgan fingerprint density at radius 1 is 0.667 bits per heavy atom. The summed E-state index contributed by atoms with van der Waals surface area (Å²) in [6, 6.07) is 6.88. The van der Waals surface area contributed by atoms with E-state index in [1.54, 1.807) is 60.0 Å². The maximum atomic E-state index is 6.45. The fourth-order valence-corrected chi connectivity index (χ4v) is 55.7.